The molecule has 2 rings (SSSR count). The van der Waals surface area contributed by atoms with Crippen LogP contribution in [-0.4, -0.2) is 56.4 Å². The molecule has 1 fully saturated rings. The number of nitrogens with one attached hydrogen (secondary N) is 1. The Labute approximate surface area is 161 Å². The summed E-state index contributed by atoms with van der Waals surface area (Å²) in [6.45, 7) is 3.57. The molecule has 1 saturated heterocycles. The van der Waals surface area contributed by atoms with E-state index in [1.54, 1.807) is 18.2 Å². The molecule has 3 amide bonds. The van der Waals surface area contributed by atoms with Crippen LogP contribution >= 0.6 is 11.8 Å². The molecule has 1 heterocycles. The molecule has 1 aromatic carbocycles. The quantitative estimate of drug-likeness (QED) is 0.677. The first kappa shape index (κ1) is 20.4. The molecule has 0 saturated carbocycles. The Kier molecular flexibility index (Phi) is 6.89. The zero-order chi connectivity index (χ0) is 20.0. The molecule has 0 atom stereocenters. The molecular weight excluding hydrogens is 372 g/mol. The van der Waals surface area contributed by atoms with Crippen molar-refractivity contribution in [1.29, 1.82) is 0 Å². The van der Waals surface area contributed by atoms with Crippen LogP contribution < -0.4 is 19.5 Å². The third kappa shape index (κ3) is 4.62. The van der Waals surface area contributed by atoms with E-state index >= 15 is 0 Å². The van der Waals surface area contributed by atoms with Gasteiger partial charge in [0.2, 0.25) is 11.7 Å². The zero-order valence-electron chi connectivity index (χ0n) is 15.2. The molecule has 1 aromatic rings. The molecule has 144 valence electrons. The van der Waals surface area contributed by atoms with Gasteiger partial charge in [0, 0.05) is 13.1 Å². The van der Waals surface area contributed by atoms with Gasteiger partial charge in [0.1, 0.15) is 0 Å². The summed E-state index contributed by atoms with van der Waals surface area (Å²) < 4.78 is 15.8. The highest BCUT2D eigenvalue weighted by Gasteiger charge is 2.34. The maximum absolute atomic E-state index is 12.5. The Hall–Kier alpha value is -2.94. The standard InChI is InChI=1S/C18H20N2O6S/c1-5-15(21)19-6-7-20-17(22)14(27-18(20)23)10-11-8-12(24-2)16(26-4)13(9-11)25-3/h5,8-10H,1,6-7H2,2-4H3,(H,19,21)/b14-10+. The van der Waals surface area contributed by atoms with Gasteiger partial charge in [-0.25, -0.2) is 0 Å². The van der Waals surface area contributed by atoms with E-state index < -0.39 is 11.1 Å². The van der Waals surface area contributed by atoms with E-state index in [2.05, 4.69) is 11.9 Å². The number of hydrogen-bond acceptors (Lipinski definition) is 7. The number of benzene rings is 1. The van der Waals surface area contributed by atoms with Crippen LogP contribution in [0.1, 0.15) is 5.56 Å². The van der Waals surface area contributed by atoms with Crippen LogP contribution in [0.15, 0.2) is 29.7 Å². The summed E-state index contributed by atoms with van der Waals surface area (Å²) in [7, 11) is 4.48. The van der Waals surface area contributed by atoms with Crippen LogP contribution in [0.5, 0.6) is 17.2 Å². The Morgan fingerprint density at radius 1 is 1.19 bits per heavy atom. The second kappa shape index (κ2) is 9.13. The molecule has 0 aliphatic carbocycles. The van der Waals surface area contributed by atoms with Gasteiger partial charge >= 0.3 is 0 Å². The van der Waals surface area contributed by atoms with E-state index in [1.165, 1.54) is 21.3 Å². The molecular formula is C18H20N2O6S. The summed E-state index contributed by atoms with van der Waals surface area (Å²) in [5, 5.41) is 2.13. The molecule has 9 heteroatoms. The number of nitrogens with zero attached hydrogens (tertiary/aromatic N) is 1. The van der Waals surface area contributed by atoms with Crippen LogP contribution in [0.25, 0.3) is 6.08 Å². The first-order chi connectivity index (χ1) is 12.9. The SMILES string of the molecule is C=CC(=O)NCCN1C(=O)S/C(=C/c2cc(OC)c(OC)c(OC)c2)C1=O. The van der Waals surface area contributed by atoms with Gasteiger partial charge in [-0.1, -0.05) is 6.58 Å². The number of methoxy groups -OCH3 is 3. The normalized spacial score (nSPS) is 15.1. The fraction of sp³-hybridized carbons (Fsp3) is 0.278. The molecule has 1 N–H and O–H groups in total. The molecule has 27 heavy (non-hydrogen) atoms. The summed E-state index contributed by atoms with van der Waals surface area (Å²) in [5.41, 5.74) is 0.620. The minimum atomic E-state index is -0.424. The Bertz CT molecular complexity index is 780. The average molecular weight is 392 g/mol. The summed E-state index contributed by atoms with van der Waals surface area (Å²) in [6.07, 6.45) is 2.70. The Balaban J connectivity index is 2.22. The molecule has 1 aliphatic heterocycles. The third-order valence-electron chi connectivity index (χ3n) is 3.68. The van der Waals surface area contributed by atoms with Gasteiger partial charge in [-0.2, -0.15) is 0 Å². The van der Waals surface area contributed by atoms with Gasteiger partial charge in [0.25, 0.3) is 11.1 Å². The van der Waals surface area contributed by atoms with E-state index in [1.807, 2.05) is 0 Å². The number of hydrogen-bond donors (Lipinski definition) is 1. The molecule has 0 radical (unpaired) electrons. The van der Waals surface area contributed by atoms with Crippen LogP contribution in [-0.2, 0) is 9.59 Å². The lowest BCUT2D eigenvalue weighted by atomic mass is 10.1. The van der Waals surface area contributed by atoms with Gasteiger partial charge in [0.05, 0.1) is 26.2 Å². The lowest BCUT2D eigenvalue weighted by Gasteiger charge is -2.13. The monoisotopic (exact) mass is 392 g/mol. The van der Waals surface area contributed by atoms with Crippen molar-refractivity contribution >= 4 is 34.9 Å². The fourth-order valence-electron chi connectivity index (χ4n) is 2.39. The van der Waals surface area contributed by atoms with Gasteiger partial charge in [-0.05, 0) is 41.6 Å². The van der Waals surface area contributed by atoms with E-state index in [9.17, 15) is 14.4 Å². The average Bonchev–Trinajstić information content (AvgIpc) is 2.94. The van der Waals surface area contributed by atoms with Crippen molar-refractivity contribution in [3.8, 4) is 17.2 Å². The third-order valence-corrected chi connectivity index (χ3v) is 4.59. The number of ether oxygens (including phenoxy) is 3. The molecule has 0 aromatic heterocycles. The summed E-state index contributed by atoms with van der Waals surface area (Å²) >= 11 is 0.831. The van der Waals surface area contributed by atoms with Crippen LogP contribution in [0.2, 0.25) is 0 Å². The molecule has 0 bridgehead atoms. The second-order valence-corrected chi connectivity index (χ2v) is 6.28. The van der Waals surface area contributed by atoms with Gasteiger partial charge in [0.15, 0.2) is 11.5 Å². The summed E-state index contributed by atoms with van der Waals surface area (Å²) in [6, 6.07) is 3.36. The first-order valence-corrected chi connectivity index (χ1v) is 8.72. The van der Waals surface area contributed by atoms with Crippen LogP contribution in [0.4, 0.5) is 4.79 Å². The van der Waals surface area contributed by atoms with E-state index in [-0.39, 0.29) is 23.9 Å². The number of imide groups is 1. The van der Waals surface area contributed by atoms with Crippen molar-refractivity contribution in [3.63, 3.8) is 0 Å². The highest BCUT2D eigenvalue weighted by molar-refractivity contribution is 8.18. The van der Waals surface area contributed by atoms with E-state index in [0.717, 1.165) is 22.7 Å². The van der Waals surface area contributed by atoms with Crippen molar-refractivity contribution < 1.29 is 28.6 Å². The lowest BCUT2D eigenvalue weighted by Crippen LogP contribution is -2.36. The van der Waals surface area contributed by atoms with Crippen molar-refractivity contribution in [2.75, 3.05) is 34.4 Å². The second-order valence-electron chi connectivity index (χ2n) is 5.29. The fourth-order valence-corrected chi connectivity index (χ4v) is 3.26. The smallest absolute Gasteiger partial charge is 0.293 e. The topological polar surface area (TPSA) is 94.2 Å². The highest BCUT2D eigenvalue weighted by Crippen LogP contribution is 2.40. The van der Waals surface area contributed by atoms with Gasteiger partial charge < -0.3 is 19.5 Å². The van der Waals surface area contributed by atoms with Crippen molar-refractivity contribution in [3.05, 3.63) is 35.3 Å². The predicted molar refractivity (Wildman–Crippen MR) is 102 cm³/mol. The maximum atomic E-state index is 12.5. The zero-order valence-corrected chi connectivity index (χ0v) is 16.1. The molecule has 0 unspecified atom stereocenters. The van der Waals surface area contributed by atoms with Crippen molar-refractivity contribution in [2.24, 2.45) is 0 Å². The van der Waals surface area contributed by atoms with Crippen molar-refractivity contribution in [2.45, 2.75) is 0 Å². The van der Waals surface area contributed by atoms with E-state index in [0.29, 0.717) is 22.8 Å². The number of carbonyl (C=O) groups is 3. The highest BCUT2D eigenvalue weighted by atomic mass is 32.2. The number of carbonyl (C=O) groups excluding carboxylic acids is 3. The number of rotatable bonds is 8. The maximum Gasteiger partial charge on any atom is 0.293 e. The summed E-state index contributed by atoms with van der Waals surface area (Å²) in [4.78, 5) is 37.1. The summed E-state index contributed by atoms with van der Waals surface area (Å²) in [5.74, 6) is 0.522. The van der Waals surface area contributed by atoms with Gasteiger partial charge in [-0.15, -0.1) is 0 Å². The lowest BCUT2D eigenvalue weighted by molar-refractivity contribution is -0.123. The Morgan fingerprint density at radius 3 is 2.33 bits per heavy atom. The Morgan fingerprint density at radius 2 is 1.81 bits per heavy atom. The largest absolute Gasteiger partial charge is 0.493 e. The number of thioether (sulfide) groups is 1. The minimum Gasteiger partial charge on any atom is -0.493 e. The van der Waals surface area contributed by atoms with E-state index in [4.69, 9.17) is 14.2 Å². The molecule has 0 spiro atoms. The first-order valence-electron chi connectivity index (χ1n) is 7.90. The molecule has 8 nitrogen and oxygen atoms in total. The number of amides is 3. The predicted octanol–water partition coefficient (Wildman–Crippen LogP) is 2.05. The minimum absolute atomic E-state index is 0.0802. The van der Waals surface area contributed by atoms with Gasteiger partial charge in [-0.3, -0.25) is 19.3 Å². The van der Waals surface area contributed by atoms with Crippen LogP contribution in [0, 0.1) is 0 Å². The van der Waals surface area contributed by atoms with Crippen LogP contribution in [0.3, 0.4) is 0 Å². The molecule has 1 aliphatic rings. The van der Waals surface area contributed by atoms with Crippen molar-refractivity contribution in [1.82, 2.24) is 10.2 Å².